The molecule has 0 spiro atoms. The molecule has 1 aromatic rings. The minimum absolute atomic E-state index is 0.0216. The highest BCUT2D eigenvalue weighted by Crippen LogP contribution is 2.32. The van der Waals surface area contributed by atoms with Crippen molar-refractivity contribution in [2.24, 2.45) is 16.2 Å². The van der Waals surface area contributed by atoms with E-state index in [1.165, 1.54) is 14.0 Å². The molecule has 2 amide bonds. The summed E-state index contributed by atoms with van der Waals surface area (Å²) in [5, 5.41) is 0. The Balaban J connectivity index is 1.73. The number of halogens is 2. The smallest absolute Gasteiger partial charge is 0.258 e. The molecule has 6 nitrogen and oxygen atoms in total. The lowest BCUT2D eigenvalue weighted by Crippen LogP contribution is -2.55. The monoisotopic (exact) mass is 442 g/mol. The van der Waals surface area contributed by atoms with Crippen LogP contribution in [-0.4, -0.2) is 58.2 Å². The number of hydrogen-bond donors (Lipinski definition) is 0. The first kappa shape index (κ1) is 22.8. The zero-order chi connectivity index (χ0) is 22.3. The summed E-state index contributed by atoms with van der Waals surface area (Å²) in [5.74, 6) is -1.71. The van der Waals surface area contributed by atoms with E-state index in [1.807, 2.05) is 0 Å². The van der Waals surface area contributed by atoms with Gasteiger partial charge in [0, 0.05) is 37.3 Å². The molecule has 9 heteroatoms. The lowest BCUT2D eigenvalue weighted by molar-refractivity contribution is -0.153. The molecule has 0 aromatic heterocycles. The van der Waals surface area contributed by atoms with Crippen molar-refractivity contribution in [2.75, 3.05) is 31.7 Å². The van der Waals surface area contributed by atoms with Gasteiger partial charge >= 0.3 is 0 Å². The predicted molar refractivity (Wildman–Crippen MR) is 109 cm³/mol. The minimum atomic E-state index is -2.80. The van der Waals surface area contributed by atoms with Crippen LogP contribution in [0.5, 0.6) is 0 Å². The average Bonchev–Trinajstić information content (AvgIpc) is 2.64. The largest absolute Gasteiger partial charge is 0.369 e. The number of hydrogen-bond acceptors (Lipinski definition) is 4. The highest BCUT2D eigenvalue weighted by Gasteiger charge is 2.42. The molecule has 0 saturated carbocycles. The quantitative estimate of drug-likeness (QED) is 0.719. The van der Waals surface area contributed by atoms with Crippen molar-refractivity contribution >= 4 is 21.5 Å². The molecule has 2 saturated heterocycles. The number of methoxy groups -OCH3 is 1. The molecule has 2 heterocycles. The van der Waals surface area contributed by atoms with E-state index in [1.54, 1.807) is 18.7 Å². The van der Waals surface area contributed by atoms with Crippen LogP contribution in [0.25, 0.3) is 0 Å². The fraction of sp³-hybridized carbons (Fsp3) is 0.619. The van der Waals surface area contributed by atoms with Crippen LogP contribution in [0.4, 0.5) is 8.78 Å². The molecule has 2 fully saturated rings. The average molecular weight is 443 g/mol. The van der Waals surface area contributed by atoms with Crippen LogP contribution in [0.3, 0.4) is 0 Å². The first-order chi connectivity index (χ1) is 13.9. The molecule has 2 bridgehead atoms. The number of carbonyl (C=O) groups excluding carboxylic acids is 2. The van der Waals surface area contributed by atoms with Gasteiger partial charge in [-0.15, -0.1) is 0 Å². The van der Waals surface area contributed by atoms with E-state index in [0.29, 0.717) is 13.1 Å². The number of carbonyl (C=O) groups is 2. The predicted octanol–water partition coefficient (Wildman–Crippen LogP) is 2.71. The summed E-state index contributed by atoms with van der Waals surface area (Å²) in [5.41, 5.74) is -0.868. The van der Waals surface area contributed by atoms with Crippen molar-refractivity contribution in [2.45, 2.75) is 39.2 Å². The Morgan fingerprint density at radius 2 is 1.80 bits per heavy atom. The maximum Gasteiger partial charge on any atom is 0.258 e. The van der Waals surface area contributed by atoms with Crippen LogP contribution < -0.4 is 0 Å². The molecule has 166 valence electrons. The van der Waals surface area contributed by atoms with E-state index in [0.717, 1.165) is 18.6 Å². The van der Waals surface area contributed by atoms with Crippen molar-refractivity contribution in [3.05, 3.63) is 34.9 Å². The summed E-state index contributed by atoms with van der Waals surface area (Å²) in [4.78, 5) is 26.8. The number of amides is 2. The van der Waals surface area contributed by atoms with E-state index >= 15 is 0 Å². The maximum absolute atomic E-state index is 14.0. The molecular weight excluding hydrogens is 414 g/mol. The fourth-order valence-electron chi connectivity index (χ4n) is 4.28. The van der Waals surface area contributed by atoms with Gasteiger partial charge in [0.1, 0.15) is 17.2 Å². The fourth-order valence-corrected chi connectivity index (χ4v) is 6.95. The standard InChI is InChI=1S/C21H28F2N2O4S/c1-13-5-18(23)16(7-17(13)22)8-19(26)24-30(28)11-14-6-15(12-30)10-25(9-14)20(27)21(2,3)29-4/h5,7,14-15H,6,8-12H2,1-4H3. The van der Waals surface area contributed by atoms with E-state index in [4.69, 9.17) is 4.74 Å². The molecule has 0 radical (unpaired) electrons. The summed E-state index contributed by atoms with van der Waals surface area (Å²) in [6.07, 6.45) is 0.400. The second-order valence-electron chi connectivity index (χ2n) is 8.85. The topological polar surface area (TPSA) is 76.0 Å². The van der Waals surface area contributed by atoms with Gasteiger partial charge in [-0.3, -0.25) is 9.59 Å². The third kappa shape index (κ3) is 4.88. The third-order valence-corrected chi connectivity index (χ3v) is 8.39. The summed E-state index contributed by atoms with van der Waals surface area (Å²) >= 11 is 0. The Morgan fingerprint density at radius 3 is 2.37 bits per heavy atom. The lowest BCUT2D eigenvalue weighted by atomic mass is 9.90. The molecule has 0 N–H and O–H groups in total. The zero-order valence-corrected chi connectivity index (χ0v) is 18.6. The number of benzene rings is 1. The highest BCUT2D eigenvalue weighted by molar-refractivity contribution is 7.93. The number of rotatable bonds is 4. The summed E-state index contributed by atoms with van der Waals surface area (Å²) in [6.45, 7) is 5.75. The van der Waals surface area contributed by atoms with Gasteiger partial charge in [0.2, 0.25) is 0 Å². The third-order valence-electron chi connectivity index (χ3n) is 5.87. The Hall–Kier alpha value is -1.87. The molecule has 3 rings (SSSR count). The maximum atomic E-state index is 14.0. The van der Waals surface area contributed by atoms with Crippen LogP contribution in [0.2, 0.25) is 0 Å². The molecule has 30 heavy (non-hydrogen) atoms. The lowest BCUT2D eigenvalue weighted by Gasteiger charge is -2.44. The van der Waals surface area contributed by atoms with Gasteiger partial charge < -0.3 is 9.64 Å². The molecule has 2 aliphatic rings. The van der Waals surface area contributed by atoms with Crippen LogP contribution in [0.15, 0.2) is 16.5 Å². The Bertz CT molecular complexity index is 965. The number of likely N-dealkylation sites (tertiary alicyclic amines) is 1. The SMILES string of the molecule is COC(C)(C)C(=O)N1CC2CC(C1)CS(=O)(=NC(=O)Cc1cc(F)c(C)cc1F)C2. The number of fused-ring (bicyclic) bond motifs is 2. The van der Waals surface area contributed by atoms with Gasteiger partial charge in [-0.1, -0.05) is 0 Å². The second-order valence-corrected chi connectivity index (χ2v) is 11.2. The zero-order valence-electron chi connectivity index (χ0n) is 17.7. The van der Waals surface area contributed by atoms with Gasteiger partial charge in [-0.2, -0.15) is 4.36 Å². The van der Waals surface area contributed by atoms with Gasteiger partial charge in [0.25, 0.3) is 11.8 Å². The number of aryl methyl sites for hydroxylation is 1. The van der Waals surface area contributed by atoms with Crippen molar-refractivity contribution in [1.29, 1.82) is 0 Å². The van der Waals surface area contributed by atoms with Gasteiger partial charge in [-0.25, -0.2) is 13.0 Å². The van der Waals surface area contributed by atoms with Crippen molar-refractivity contribution < 1.29 is 27.3 Å². The minimum Gasteiger partial charge on any atom is -0.369 e. The Labute approximate surface area is 176 Å². The second kappa shape index (κ2) is 8.34. The van der Waals surface area contributed by atoms with Crippen molar-refractivity contribution in [1.82, 2.24) is 4.90 Å². The molecule has 0 aliphatic carbocycles. The van der Waals surface area contributed by atoms with Crippen molar-refractivity contribution in [3.63, 3.8) is 0 Å². The number of ether oxygens (including phenoxy) is 1. The van der Waals surface area contributed by atoms with Gasteiger partial charge in [0.05, 0.1) is 16.1 Å². The molecule has 1 aromatic carbocycles. The van der Waals surface area contributed by atoms with Crippen LogP contribution in [0.1, 0.15) is 31.4 Å². The molecular formula is C21H28F2N2O4S. The number of nitrogens with zero attached hydrogens (tertiary/aromatic N) is 2. The van der Waals surface area contributed by atoms with E-state index in [-0.39, 0.29) is 40.4 Å². The number of piperidine rings is 1. The Kier molecular flexibility index (Phi) is 6.34. The van der Waals surface area contributed by atoms with Crippen LogP contribution >= 0.6 is 0 Å². The van der Waals surface area contributed by atoms with Crippen LogP contribution in [-0.2, 0) is 30.5 Å². The summed E-state index contributed by atoms with van der Waals surface area (Å²) in [7, 11) is -1.31. The normalized spacial score (nSPS) is 26.4. The van der Waals surface area contributed by atoms with Gasteiger partial charge in [0.15, 0.2) is 0 Å². The molecule has 2 aliphatic heterocycles. The molecule has 2 unspecified atom stereocenters. The summed E-state index contributed by atoms with van der Waals surface area (Å²) in [6, 6.07) is 2.03. The Morgan fingerprint density at radius 1 is 1.20 bits per heavy atom. The highest BCUT2D eigenvalue weighted by atomic mass is 32.2. The summed E-state index contributed by atoms with van der Waals surface area (Å²) < 4.78 is 50.2. The molecule has 2 atom stereocenters. The van der Waals surface area contributed by atoms with Crippen LogP contribution in [0, 0.1) is 30.4 Å². The van der Waals surface area contributed by atoms with E-state index < -0.39 is 39.3 Å². The van der Waals surface area contributed by atoms with Gasteiger partial charge in [-0.05, 0) is 56.7 Å². The van der Waals surface area contributed by atoms with E-state index in [2.05, 4.69) is 4.36 Å². The first-order valence-electron chi connectivity index (χ1n) is 9.97. The van der Waals surface area contributed by atoms with Crippen molar-refractivity contribution in [3.8, 4) is 0 Å². The van der Waals surface area contributed by atoms with E-state index in [9.17, 15) is 22.6 Å². The first-order valence-corrected chi connectivity index (χ1v) is 11.8.